The molecule has 3 aromatic heterocycles. The topological polar surface area (TPSA) is 125 Å². The summed E-state index contributed by atoms with van der Waals surface area (Å²) in [4.78, 5) is 23.9. The molecular weight excluding hydrogens is 535 g/mol. The van der Waals surface area contributed by atoms with E-state index >= 15 is 0 Å². The number of rotatable bonds is 4. The number of fused-ring (bicyclic) bond motifs is 2. The summed E-state index contributed by atoms with van der Waals surface area (Å²) in [5.74, 6) is 0.959. The average molecular weight is 564 g/mol. The minimum absolute atomic E-state index is 0.00519. The van der Waals surface area contributed by atoms with Crippen molar-refractivity contribution in [2.24, 2.45) is 0 Å². The number of hydrogen-bond donors (Lipinski definition) is 3. The van der Waals surface area contributed by atoms with E-state index in [0.717, 1.165) is 46.5 Å². The van der Waals surface area contributed by atoms with Gasteiger partial charge in [-0.05, 0) is 49.6 Å². The number of anilines is 1. The van der Waals surface area contributed by atoms with E-state index in [-0.39, 0.29) is 5.78 Å². The zero-order valence-corrected chi connectivity index (χ0v) is 22.7. The Morgan fingerprint density at radius 1 is 0.872 bits per heavy atom. The number of aryl methyl sites for hydroxylation is 2. The molecule has 199 valence electrons. The first-order valence-electron chi connectivity index (χ1n) is 12.3. The zero-order valence-electron chi connectivity index (χ0n) is 21.5. The molecule has 3 N–H and O–H groups in total. The monoisotopic (exact) mass is 563 g/mol. The number of aliphatic hydroxyl groups is 1. The van der Waals surface area contributed by atoms with Gasteiger partial charge in [0.05, 0.1) is 0 Å². The number of ketones is 1. The van der Waals surface area contributed by atoms with E-state index in [1.54, 1.807) is 12.4 Å². The summed E-state index contributed by atoms with van der Waals surface area (Å²) in [5.41, 5.74) is 7.42. The van der Waals surface area contributed by atoms with E-state index in [0.29, 0.717) is 11.1 Å². The van der Waals surface area contributed by atoms with Crippen LogP contribution in [0.15, 0.2) is 85.3 Å². The molecule has 4 heterocycles. The van der Waals surface area contributed by atoms with Gasteiger partial charge in [0.15, 0.2) is 5.78 Å². The third kappa shape index (κ3) is 7.03. The molecule has 1 aliphatic heterocycles. The van der Waals surface area contributed by atoms with Gasteiger partial charge in [0, 0.05) is 47.2 Å². The molecule has 0 fully saturated rings. The van der Waals surface area contributed by atoms with Crippen molar-refractivity contribution in [1.82, 2.24) is 15.0 Å². The third-order valence-corrected chi connectivity index (χ3v) is 6.36. The first-order chi connectivity index (χ1) is 18.9. The number of hydrogen-bond acceptors (Lipinski definition) is 7. The van der Waals surface area contributed by atoms with Gasteiger partial charge in [-0.15, -0.1) is 0 Å². The fraction of sp³-hybridized carbons (Fsp3) is 0.167. The molecule has 8 nitrogen and oxygen atoms in total. The number of pyridine rings is 2. The average Bonchev–Trinajstić information content (AvgIpc) is 3.62. The molecule has 39 heavy (non-hydrogen) atoms. The maximum absolute atomic E-state index is 12.3. The number of benzene rings is 2. The normalized spacial score (nSPS) is 12.2. The van der Waals surface area contributed by atoms with Crippen LogP contribution < -0.4 is 5.32 Å². The van der Waals surface area contributed by atoms with Gasteiger partial charge in [0.25, 0.3) is 0 Å². The van der Waals surface area contributed by atoms with Crippen LogP contribution in [-0.4, -0.2) is 32.4 Å². The molecule has 0 radical (unpaired) electrons. The van der Waals surface area contributed by atoms with E-state index in [4.69, 9.17) is 7.67 Å². The van der Waals surface area contributed by atoms with Crippen molar-refractivity contribution in [3.63, 3.8) is 0 Å². The fourth-order valence-electron chi connectivity index (χ4n) is 4.22. The van der Waals surface area contributed by atoms with Crippen molar-refractivity contribution in [2.45, 2.75) is 26.4 Å². The molecule has 5 aromatic rings. The first-order valence-corrected chi connectivity index (χ1v) is 13.3. The van der Waals surface area contributed by atoms with Crippen LogP contribution in [0, 0.1) is 13.8 Å². The van der Waals surface area contributed by atoms with Gasteiger partial charge < -0.3 is 15.4 Å². The van der Waals surface area contributed by atoms with Crippen molar-refractivity contribution < 1.29 is 32.4 Å². The molecule has 0 saturated carbocycles. The van der Waals surface area contributed by atoms with Crippen LogP contribution in [0.4, 0.5) is 5.82 Å². The maximum atomic E-state index is 12.3. The molecule has 0 saturated heterocycles. The van der Waals surface area contributed by atoms with Gasteiger partial charge in [0.1, 0.15) is 17.6 Å². The van der Waals surface area contributed by atoms with E-state index in [1.807, 2.05) is 86.8 Å². The van der Waals surface area contributed by atoms with Crippen molar-refractivity contribution in [3.8, 4) is 0 Å². The molecule has 0 spiro atoms. The van der Waals surface area contributed by atoms with E-state index in [2.05, 4.69) is 20.3 Å². The molecule has 0 aliphatic carbocycles. The minimum atomic E-state index is -1.44. The molecule has 1 unspecified atom stereocenters. The molecule has 1 atom stereocenters. The van der Waals surface area contributed by atoms with E-state index in [9.17, 15) is 9.90 Å². The number of nitrogens with one attached hydrogen (secondary N) is 2. The number of aliphatic hydroxyl groups excluding tert-OH is 1. The molecular formula is C30H28MnN4O4. The third-order valence-electron chi connectivity index (χ3n) is 6.36. The molecule has 0 amide bonds. The number of carbonyl (C=O) groups is 1. The number of aromatic nitrogens is 3. The SMILES string of the molecule is Cc1ccc(C(=O)c2cnc3[nH]ccc3c2)cc1.Cc1ccc(C(O)c2cnc3c(c2)CCN3)cc1.[O]=[Mn]=[O]. The van der Waals surface area contributed by atoms with E-state index in [1.165, 1.54) is 11.1 Å². The Balaban J connectivity index is 0.000000165. The van der Waals surface area contributed by atoms with Crippen LogP contribution in [0.25, 0.3) is 11.0 Å². The summed E-state index contributed by atoms with van der Waals surface area (Å²) in [7, 11) is 0. The summed E-state index contributed by atoms with van der Waals surface area (Å²) >= 11 is -1.44. The Bertz CT molecular complexity index is 1610. The van der Waals surface area contributed by atoms with Gasteiger partial charge >= 0.3 is 22.5 Å². The second kappa shape index (κ2) is 13.1. The first kappa shape index (κ1) is 27.9. The van der Waals surface area contributed by atoms with Crippen molar-refractivity contribution in [3.05, 3.63) is 124 Å². The quantitative estimate of drug-likeness (QED) is 0.200. The number of nitrogens with zero attached hydrogens (tertiary/aromatic N) is 2. The molecule has 2 aromatic carbocycles. The fourth-order valence-corrected chi connectivity index (χ4v) is 4.22. The molecule has 1 aliphatic rings. The second-order valence-electron chi connectivity index (χ2n) is 9.16. The van der Waals surface area contributed by atoms with Gasteiger partial charge in [-0.2, -0.15) is 0 Å². The van der Waals surface area contributed by atoms with Crippen LogP contribution in [0.1, 0.15) is 49.8 Å². The Morgan fingerprint density at radius 3 is 2.23 bits per heavy atom. The molecule has 6 rings (SSSR count). The van der Waals surface area contributed by atoms with Crippen LogP contribution in [0.5, 0.6) is 0 Å². The summed E-state index contributed by atoms with van der Waals surface area (Å²) in [6.45, 7) is 4.98. The van der Waals surface area contributed by atoms with Crippen LogP contribution >= 0.6 is 0 Å². The Morgan fingerprint density at radius 2 is 1.54 bits per heavy atom. The molecule has 9 heteroatoms. The number of H-pyrrole nitrogens is 1. The predicted molar refractivity (Wildman–Crippen MR) is 144 cm³/mol. The van der Waals surface area contributed by atoms with Crippen LogP contribution in [-0.2, 0) is 28.9 Å². The van der Waals surface area contributed by atoms with Crippen LogP contribution in [0.3, 0.4) is 0 Å². The van der Waals surface area contributed by atoms with Gasteiger partial charge in [-0.1, -0.05) is 59.7 Å². The van der Waals surface area contributed by atoms with Gasteiger partial charge in [-0.25, -0.2) is 9.97 Å². The van der Waals surface area contributed by atoms with Gasteiger partial charge in [0.2, 0.25) is 0 Å². The van der Waals surface area contributed by atoms with Crippen molar-refractivity contribution >= 4 is 22.6 Å². The summed E-state index contributed by atoms with van der Waals surface area (Å²) < 4.78 is 16.8. The van der Waals surface area contributed by atoms with Crippen molar-refractivity contribution in [2.75, 3.05) is 11.9 Å². The second-order valence-corrected chi connectivity index (χ2v) is 9.36. The standard InChI is InChI=1S/C15H16N2O.C15H12N2O.Mn.2O/c2*1-10-2-4-11(5-3-10)14(18)13-8-12-6-7-16-15(12)17-9-13;;;/h2-5,8-9,14,18H,6-7H2,1H3,(H,16,17);2-9H,1H3,(H,16,17);;;. The summed E-state index contributed by atoms with van der Waals surface area (Å²) in [6.07, 6.45) is 5.57. The van der Waals surface area contributed by atoms with Gasteiger partial charge in [-0.3, -0.25) is 4.79 Å². The predicted octanol–water partition coefficient (Wildman–Crippen LogP) is 5.30. The Labute approximate surface area is 232 Å². The number of carbonyl (C=O) groups excluding carboxylic acids is 1. The molecule has 0 bridgehead atoms. The van der Waals surface area contributed by atoms with Crippen molar-refractivity contribution in [1.29, 1.82) is 0 Å². The summed E-state index contributed by atoms with van der Waals surface area (Å²) in [5, 5.41) is 14.5. The zero-order chi connectivity index (χ0) is 27.8. The van der Waals surface area contributed by atoms with E-state index < -0.39 is 20.9 Å². The Hall–Kier alpha value is -4.17. The summed E-state index contributed by atoms with van der Waals surface area (Å²) in [6, 6.07) is 21.4. The Kier molecular flexibility index (Phi) is 9.33. The number of aromatic amines is 1. The van der Waals surface area contributed by atoms with Crippen LogP contribution in [0.2, 0.25) is 0 Å².